The van der Waals surface area contributed by atoms with Crippen molar-refractivity contribution >= 4 is 29.6 Å². The second kappa shape index (κ2) is 12.8. The zero-order chi connectivity index (χ0) is 26.0. The van der Waals surface area contributed by atoms with E-state index in [-0.39, 0.29) is 12.8 Å². The molecule has 4 unspecified atom stereocenters. The van der Waals surface area contributed by atoms with Gasteiger partial charge in [-0.1, -0.05) is 0 Å². The van der Waals surface area contributed by atoms with E-state index in [0.29, 0.717) is 11.4 Å². The molecule has 35 heavy (non-hydrogen) atoms. The summed E-state index contributed by atoms with van der Waals surface area (Å²) < 4.78 is 0. The molecule has 0 radical (unpaired) electrons. The van der Waals surface area contributed by atoms with Crippen LogP contribution in [0, 0.1) is 0 Å². The molecule has 4 atom stereocenters. The fourth-order valence-electron chi connectivity index (χ4n) is 2.97. The van der Waals surface area contributed by atoms with Gasteiger partial charge in [-0.3, -0.25) is 19.2 Å². The lowest BCUT2D eigenvalue weighted by Crippen LogP contribution is -2.59. The van der Waals surface area contributed by atoms with Crippen molar-refractivity contribution in [1.29, 1.82) is 0 Å². The minimum Gasteiger partial charge on any atom is -0.480 e. The highest BCUT2D eigenvalue weighted by molar-refractivity contribution is 5.95. The van der Waals surface area contributed by atoms with Crippen LogP contribution in [0.25, 0.3) is 0 Å². The van der Waals surface area contributed by atoms with Crippen LogP contribution in [0.5, 0.6) is 0 Å². The maximum atomic E-state index is 12.9. The predicted octanol–water partition coefficient (Wildman–Crippen LogP) is -4.35. The average molecular weight is 493 g/mol. The number of carboxylic acids is 1. The standard InChI is InChI=1S/C19H27N9O7/c20-11(1-9-4-22-7-24-9)16(31)26-12(2-10-5-23-8-25-10)17(32)28-14(6-29)18(33)27-13(19(34)35)3-15(21)30/h4-5,7-8,11-14,29H,1-3,6,20H2,(H2,21,30)(H,22,24)(H,23,25)(H,26,31)(H,27,33)(H,28,32)(H,34,35). The number of aromatic amines is 2. The molecular weight excluding hydrogens is 466 g/mol. The number of primary amides is 1. The second-order valence-corrected chi connectivity index (χ2v) is 7.54. The molecule has 0 fully saturated rings. The molecule has 190 valence electrons. The summed E-state index contributed by atoms with van der Waals surface area (Å²) >= 11 is 0. The first-order valence-corrected chi connectivity index (χ1v) is 10.3. The third kappa shape index (κ3) is 8.52. The molecule has 16 nitrogen and oxygen atoms in total. The lowest BCUT2D eigenvalue weighted by Gasteiger charge is -2.24. The number of aliphatic hydroxyl groups is 1. The highest BCUT2D eigenvalue weighted by Crippen LogP contribution is 2.03. The number of imidazole rings is 2. The maximum absolute atomic E-state index is 12.9. The van der Waals surface area contributed by atoms with E-state index in [1.165, 1.54) is 25.0 Å². The number of aromatic nitrogens is 4. The van der Waals surface area contributed by atoms with Crippen molar-refractivity contribution in [3.8, 4) is 0 Å². The molecule has 2 aromatic rings. The van der Waals surface area contributed by atoms with Crippen LogP contribution >= 0.6 is 0 Å². The first kappa shape index (κ1) is 26.9. The highest BCUT2D eigenvalue weighted by atomic mass is 16.4. The Morgan fingerprint density at radius 2 is 1.37 bits per heavy atom. The predicted molar refractivity (Wildman–Crippen MR) is 117 cm³/mol. The molecule has 0 aliphatic rings. The Labute approximate surface area is 198 Å². The summed E-state index contributed by atoms with van der Waals surface area (Å²) in [5, 5.41) is 25.5. The lowest BCUT2D eigenvalue weighted by molar-refractivity contribution is -0.144. The topological polar surface area (TPSA) is 271 Å². The molecule has 0 saturated heterocycles. The van der Waals surface area contributed by atoms with Crippen molar-refractivity contribution in [2.75, 3.05) is 6.61 Å². The number of carbonyl (C=O) groups is 5. The molecule has 2 rings (SSSR count). The Bertz CT molecular complexity index is 1010. The number of nitrogens with zero attached hydrogens (tertiary/aromatic N) is 2. The minimum atomic E-state index is -1.66. The Kier molecular flexibility index (Phi) is 9.85. The molecule has 2 heterocycles. The minimum absolute atomic E-state index is 0.0620. The van der Waals surface area contributed by atoms with E-state index in [9.17, 15) is 29.1 Å². The Hall–Kier alpha value is -4.31. The maximum Gasteiger partial charge on any atom is 0.326 e. The molecule has 2 aromatic heterocycles. The van der Waals surface area contributed by atoms with Crippen molar-refractivity contribution in [3.05, 3.63) is 36.4 Å². The smallest absolute Gasteiger partial charge is 0.326 e. The lowest BCUT2D eigenvalue weighted by atomic mass is 10.1. The van der Waals surface area contributed by atoms with Crippen LogP contribution in [0.1, 0.15) is 17.8 Å². The molecule has 0 aliphatic carbocycles. The summed E-state index contributed by atoms with van der Waals surface area (Å²) in [4.78, 5) is 73.5. The van der Waals surface area contributed by atoms with E-state index in [2.05, 4.69) is 30.6 Å². The Morgan fingerprint density at radius 3 is 1.86 bits per heavy atom. The van der Waals surface area contributed by atoms with Gasteiger partial charge in [-0.15, -0.1) is 0 Å². The van der Waals surface area contributed by atoms with Crippen molar-refractivity contribution in [2.24, 2.45) is 11.5 Å². The third-order valence-electron chi connectivity index (χ3n) is 4.78. The summed E-state index contributed by atoms with van der Waals surface area (Å²) in [6.45, 7) is -0.898. The van der Waals surface area contributed by atoms with E-state index >= 15 is 0 Å². The Balaban J connectivity index is 2.09. The largest absolute Gasteiger partial charge is 0.480 e. The number of H-pyrrole nitrogens is 2. The fourth-order valence-corrected chi connectivity index (χ4v) is 2.97. The normalized spacial score (nSPS) is 14.2. The summed E-state index contributed by atoms with van der Waals surface area (Å²) in [6, 6.07) is -5.52. The summed E-state index contributed by atoms with van der Waals surface area (Å²) in [6.07, 6.45) is 5.07. The highest BCUT2D eigenvalue weighted by Gasteiger charge is 2.31. The van der Waals surface area contributed by atoms with Crippen LogP contribution in [0.4, 0.5) is 0 Å². The van der Waals surface area contributed by atoms with Crippen LogP contribution in [0.15, 0.2) is 25.0 Å². The van der Waals surface area contributed by atoms with Gasteiger partial charge in [0, 0.05) is 36.6 Å². The van der Waals surface area contributed by atoms with Crippen LogP contribution in [-0.2, 0) is 36.8 Å². The molecular formula is C19H27N9O7. The van der Waals surface area contributed by atoms with Crippen molar-refractivity contribution in [1.82, 2.24) is 35.9 Å². The van der Waals surface area contributed by atoms with Crippen molar-refractivity contribution in [3.63, 3.8) is 0 Å². The van der Waals surface area contributed by atoms with Gasteiger partial charge in [0.15, 0.2) is 0 Å². The summed E-state index contributed by atoms with van der Waals surface area (Å²) in [7, 11) is 0. The molecule has 0 spiro atoms. The van der Waals surface area contributed by atoms with E-state index in [1.807, 2.05) is 5.32 Å². The number of aliphatic hydroxyl groups excluding tert-OH is 1. The van der Waals surface area contributed by atoms with Crippen molar-refractivity contribution < 1.29 is 34.2 Å². The first-order valence-electron chi connectivity index (χ1n) is 10.3. The zero-order valence-corrected chi connectivity index (χ0v) is 18.4. The first-order chi connectivity index (χ1) is 16.6. The van der Waals surface area contributed by atoms with Crippen molar-refractivity contribution in [2.45, 2.75) is 43.4 Å². The number of hydrogen-bond donors (Lipinski definition) is 9. The monoisotopic (exact) mass is 493 g/mol. The summed E-state index contributed by atoms with van der Waals surface area (Å²) in [5.74, 6) is -5.11. The number of rotatable bonds is 14. The van der Waals surface area contributed by atoms with Gasteiger partial charge < -0.3 is 47.6 Å². The quantitative estimate of drug-likeness (QED) is 0.122. The van der Waals surface area contributed by atoms with E-state index in [0.717, 1.165) is 0 Å². The van der Waals surface area contributed by atoms with Gasteiger partial charge in [0.05, 0.1) is 31.7 Å². The van der Waals surface area contributed by atoms with E-state index < -0.39 is 66.8 Å². The van der Waals surface area contributed by atoms with Gasteiger partial charge in [-0.2, -0.15) is 0 Å². The van der Waals surface area contributed by atoms with Gasteiger partial charge in [0.1, 0.15) is 18.1 Å². The van der Waals surface area contributed by atoms with Gasteiger partial charge in [-0.05, 0) is 0 Å². The molecule has 4 amide bonds. The third-order valence-corrected chi connectivity index (χ3v) is 4.78. The van der Waals surface area contributed by atoms with Crippen LogP contribution in [0.3, 0.4) is 0 Å². The zero-order valence-electron chi connectivity index (χ0n) is 18.4. The van der Waals surface area contributed by atoms with Gasteiger partial charge in [0.2, 0.25) is 23.6 Å². The van der Waals surface area contributed by atoms with Gasteiger partial charge in [-0.25, -0.2) is 14.8 Å². The summed E-state index contributed by atoms with van der Waals surface area (Å²) in [5.41, 5.74) is 12.0. The Morgan fingerprint density at radius 1 is 0.857 bits per heavy atom. The van der Waals surface area contributed by atoms with Crippen LogP contribution < -0.4 is 27.4 Å². The number of carboxylic acid groups (broad SMARTS) is 1. The number of nitrogens with one attached hydrogen (secondary N) is 5. The molecule has 16 heteroatoms. The number of amides is 4. The molecule has 0 aliphatic heterocycles. The number of hydrogen-bond acceptors (Lipinski definition) is 9. The molecule has 11 N–H and O–H groups in total. The molecule has 0 bridgehead atoms. The van der Waals surface area contributed by atoms with Gasteiger partial charge in [0.25, 0.3) is 0 Å². The average Bonchev–Trinajstić information content (AvgIpc) is 3.50. The molecule has 0 saturated carbocycles. The second-order valence-electron chi connectivity index (χ2n) is 7.54. The SMILES string of the molecule is NC(=O)CC(NC(=O)C(CO)NC(=O)C(Cc1cnc[nH]1)NC(=O)C(N)Cc1cnc[nH]1)C(=O)O. The van der Waals surface area contributed by atoms with Crippen LogP contribution in [0.2, 0.25) is 0 Å². The van der Waals surface area contributed by atoms with Gasteiger partial charge >= 0.3 is 5.97 Å². The number of carbonyl (C=O) groups excluding carboxylic acids is 4. The number of nitrogens with two attached hydrogens (primary N) is 2. The van der Waals surface area contributed by atoms with E-state index in [4.69, 9.17) is 16.6 Å². The van der Waals surface area contributed by atoms with Crippen LogP contribution in [-0.4, -0.2) is 90.5 Å². The molecule has 0 aromatic carbocycles. The van der Waals surface area contributed by atoms with E-state index in [1.54, 1.807) is 0 Å². The number of aliphatic carboxylic acids is 1. The fraction of sp³-hybridized carbons (Fsp3) is 0.421.